The van der Waals surface area contributed by atoms with Crippen LogP contribution in [-0.2, 0) is 6.54 Å². The lowest BCUT2D eigenvalue weighted by Gasteiger charge is -2.19. The molecule has 1 aromatic carbocycles. The van der Waals surface area contributed by atoms with Crippen molar-refractivity contribution in [1.29, 1.82) is 0 Å². The van der Waals surface area contributed by atoms with Crippen molar-refractivity contribution in [3.05, 3.63) is 35.9 Å². The maximum Gasteiger partial charge on any atom is 0.0515 e. The highest BCUT2D eigenvalue weighted by atomic mass is 16.3. The molecule has 92 valence electrons. The Labute approximate surface area is 103 Å². The first-order chi connectivity index (χ1) is 8.24. The van der Waals surface area contributed by atoms with Gasteiger partial charge in [0.05, 0.1) is 6.10 Å². The molecule has 4 atom stereocenters. The number of aliphatic hydroxyl groups excluding tert-OH is 1. The van der Waals surface area contributed by atoms with E-state index in [2.05, 4.69) is 35.2 Å². The van der Waals surface area contributed by atoms with Crippen molar-refractivity contribution in [2.75, 3.05) is 13.1 Å². The number of benzene rings is 1. The van der Waals surface area contributed by atoms with E-state index in [0.717, 1.165) is 30.7 Å². The fraction of sp³-hybridized carbons (Fsp3) is 0.600. The van der Waals surface area contributed by atoms with Gasteiger partial charge in [-0.2, -0.15) is 0 Å². The predicted octanol–water partition coefficient (Wildman–Crippen LogP) is 2.14. The molecule has 2 nitrogen and oxygen atoms in total. The summed E-state index contributed by atoms with van der Waals surface area (Å²) in [6, 6.07) is 10.7. The number of rotatable bonds is 4. The normalized spacial score (nSPS) is 33.4. The zero-order valence-electron chi connectivity index (χ0n) is 10.4. The highest BCUT2D eigenvalue weighted by molar-refractivity contribution is 5.16. The van der Waals surface area contributed by atoms with Crippen LogP contribution in [0.25, 0.3) is 0 Å². The van der Waals surface area contributed by atoms with E-state index in [-0.39, 0.29) is 6.10 Å². The van der Waals surface area contributed by atoms with Gasteiger partial charge >= 0.3 is 0 Å². The number of hydrogen-bond acceptors (Lipinski definition) is 2. The molecule has 2 unspecified atom stereocenters. The van der Waals surface area contributed by atoms with Crippen molar-refractivity contribution < 1.29 is 5.11 Å². The average Bonchev–Trinajstić information content (AvgIpc) is 2.74. The number of aliphatic hydroxyl groups is 1. The van der Waals surface area contributed by atoms with Crippen LogP contribution in [0.1, 0.15) is 18.9 Å². The summed E-state index contributed by atoms with van der Waals surface area (Å²) in [7, 11) is 0. The van der Waals surface area contributed by atoms with Crippen LogP contribution in [0.15, 0.2) is 30.3 Å². The van der Waals surface area contributed by atoms with Crippen LogP contribution in [0.3, 0.4) is 0 Å². The minimum absolute atomic E-state index is 0.117. The Hall–Kier alpha value is -0.860. The van der Waals surface area contributed by atoms with E-state index in [9.17, 15) is 5.11 Å². The van der Waals surface area contributed by atoms with Crippen molar-refractivity contribution in [3.8, 4) is 0 Å². The molecule has 0 spiro atoms. The Morgan fingerprint density at radius 2 is 1.88 bits per heavy atom. The summed E-state index contributed by atoms with van der Waals surface area (Å²) in [5, 5.41) is 9.41. The number of hydrogen-bond donors (Lipinski definition) is 1. The molecule has 1 saturated carbocycles. The molecule has 0 bridgehead atoms. The lowest BCUT2D eigenvalue weighted by atomic mass is 10.1. The minimum atomic E-state index is -0.117. The average molecular weight is 231 g/mol. The van der Waals surface area contributed by atoms with Gasteiger partial charge in [0.15, 0.2) is 0 Å². The quantitative estimate of drug-likeness (QED) is 0.858. The van der Waals surface area contributed by atoms with Crippen molar-refractivity contribution in [3.63, 3.8) is 0 Å². The molecule has 0 amide bonds. The fourth-order valence-corrected chi connectivity index (χ4v) is 3.45. The summed E-state index contributed by atoms with van der Waals surface area (Å²) in [5.74, 6) is 2.55. The third-order valence-corrected chi connectivity index (χ3v) is 4.31. The molecule has 2 heteroatoms. The van der Waals surface area contributed by atoms with Gasteiger partial charge in [-0.3, -0.25) is 4.90 Å². The van der Waals surface area contributed by atoms with Gasteiger partial charge in [0.1, 0.15) is 0 Å². The molecule has 3 rings (SSSR count). The third-order valence-electron chi connectivity index (χ3n) is 4.31. The van der Waals surface area contributed by atoms with Gasteiger partial charge in [0.25, 0.3) is 0 Å². The molecule has 1 aromatic rings. The number of nitrogens with zero attached hydrogens (tertiary/aromatic N) is 1. The van der Waals surface area contributed by atoms with Crippen molar-refractivity contribution in [2.24, 2.45) is 17.8 Å². The smallest absolute Gasteiger partial charge is 0.0515 e. The van der Waals surface area contributed by atoms with Gasteiger partial charge in [0, 0.05) is 19.6 Å². The molecular formula is C15H21NO. The topological polar surface area (TPSA) is 23.5 Å². The second kappa shape index (κ2) is 4.43. The summed E-state index contributed by atoms with van der Waals surface area (Å²) in [6.07, 6.45) is 0.891. The van der Waals surface area contributed by atoms with E-state index in [1.165, 1.54) is 18.7 Å². The maximum atomic E-state index is 9.41. The van der Waals surface area contributed by atoms with Crippen molar-refractivity contribution in [2.45, 2.75) is 26.0 Å². The number of piperidine rings is 1. The Morgan fingerprint density at radius 3 is 2.47 bits per heavy atom. The molecule has 1 aliphatic heterocycles. The molecule has 2 fully saturated rings. The van der Waals surface area contributed by atoms with Gasteiger partial charge < -0.3 is 5.11 Å². The Balaban J connectivity index is 1.49. The lowest BCUT2D eigenvalue weighted by molar-refractivity contribution is 0.164. The van der Waals surface area contributed by atoms with Gasteiger partial charge in [0.2, 0.25) is 0 Å². The van der Waals surface area contributed by atoms with Gasteiger partial charge in [-0.15, -0.1) is 0 Å². The molecule has 1 N–H and O–H groups in total. The molecule has 17 heavy (non-hydrogen) atoms. The largest absolute Gasteiger partial charge is 0.393 e. The summed E-state index contributed by atoms with van der Waals surface area (Å²) in [4.78, 5) is 2.56. The summed E-state index contributed by atoms with van der Waals surface area (Å²) in [6.45, 7) is 5.47. The molecule has 1 heterocycles. The minimum Gasteiger partial charge on any atom is -0.393 e. The Morgan fingerprint density at radius 1 is 1.24 bits per heavy atom. The van der Waals surface area contributed by atoms with E-state index >= 15 is 0 Å². The van der Waals surface area contributed by atoms with Gasteiger partial charge in [-0.05, 0) is 36.7 Å². The standard InChI is InChI=1S/C15H21NO/c1-11(17)7-13-14-9-16(10-15(13)14)8-12-5-3-2-4-6-12/h2-6,11,13-15,17H,7-10H2,1H3/t11?,13?,14-,15+. The van der Waals surface area contributed by atoms with Crippen molar-refractivity contribution >= 4 is 0 Å². The van der Waals surface area contributed by atoms with Crippen LogP contribution >= 0.6 is 0 Å². The van der Waals surface area contributed by atoms with Crippen LogP contribution in [0.5, 0.6) is 0 Å². The lowest BCUT2D eigenvalue weighted by Crippen LogP contribution is -2.24. The molecular weight excluding hydrogens is 210 g/mol. The van der Waals surface area contributed by atoms with E-state index in [1.807, 2.05) is 6.92 Å². The number of fused-ring (bicyclic) bond motifs is 1. The Bertz CT molecular complexity index is 364. The number of likely N-dealkylation sites (tertiary alicyclic amines) is 1. The molecule has 0 radical (unpaired) electrons. The van der Waals surface area contributed by atoms with E-state index in [0.29, 0.717) is 0 Å². The van der Waals surface area contributed by atoms with E-state index in [1.54, 1.807) is 0 Å². The van der Waals surface area contributed by atoms with Crippen LogP contribution in [-0.4, -0.2) is 29.2 Å². The highest BCUT2D eigenvalue weighted by Gasteiger charge is 2.54. The van der Waals surface area contributed by atoms with E-state index in [4.69, 9.17) is 0 Å². The molecule has 1 aliphatic carbocycles. The maximum absolute atomic E-state index is 9.41. The summed E-state index contributed by atoms with van der Waals surface area (Å²) in [5.41, 5.74) is 1.42. The Kier molecular flexibility index (Phi) is 2.93. The third kappa shape index (κ3) is 2.38. The van der Waals surface area contributed by atoms with Crippen LogP contribution in [0, 0.1) is 17.8 Å². The first kappa shape index (κ1) is 11.2. The zero-order valence-corrected chi connectivity index (χ0v) is 10.4. The molecule has 0 aromatic heterocycles. The van der Waals surface area contributed by atoms with Crippen LogP contribution in [0.4, 0.5) is 0 Å². The van der Waals surface area contributed by atoms with Crippen LogP contribution < -0.4 is 0 Å². The first-order valence-corrected chi connectivity index (χ1v) is 6.68. The predicted molar refractivity (Wildman–Crippen MR) is 68.5 cm³/mol. The first-order valence-electron chi connectivity index (χ1n) is 6.68. The molecule has 1 saturated heterocycles. The van der Waals surface area contributed by atoms with Gasteiger partial charge in [-0.1, -0.05) is 30.3 Å². The van der Waals surface area contributed by atoms with Crippen molar-refractivity contribution in [1.82, 2.24) is 4.90 Å². The van der Waals surface area contributed by atoms with Crippen LogP contribution in [0.2, 0.25) is 0 Å². The molecule has 2 aliphatic rings. The summed E-state index contributed by atoms with van der Waals surface area (Å²) >= 11 is 0. The highest BCUT2D eigenvalue weighted by Crippen LogP contribution is 2.54. The SMILES string of the molecule is CC(O)CC1[C@H]2CN(Cc3ccccc3)C[C@@H]12. The second-order valence-corrected chi connectivity index (χ2v) is 5.76. The summed E-state index contributed by atoms with van der Waals surface area (Å²) < 4.78 is 0. The van der Waals surface area contributed by atoms with E-state index < -0.39 is 0 Å². The monoisotopic (exact) mass is 231 g/mol. The fourth-order valence-electron chi connectivity index (χ4n) is 3.45. The second-order valence-electron chi connectivity index (χ2n) is 5.76. The zero-order chi connectivity index (χ0) is 11.8. The van der Waals surface area contributed by atoms with Gasteiger partial charge in [-0.25, -0.2) is 0 Å².